The highest BCUT2D eigenvalue weighted by Crippen LogP contribution is 2.21. The molecule has 2 rings (SSSR count). The fourth-order valence-electron chi connectivity index (χ4n) is 1.54. The molecule has 0 saturated carbocycles. The van der Waals surface area contributed by atoms with Crippen LogP contribution in [0.5, 0.6) is 5.75 Å². The van der Waals surface area contributed by atoms with Gasteiger partial charge in [0.15, 0.2) is 0 Å². The maximum Gasteiger partial charge on any atom is 0.139 e. The Hall–Kier alpha value is -2.04. The molecule has 0 saturated heterocycles. The number of ether oxygens (including phenoxy) is 1. The standard InChI is InChI=1S/C11H14N4O/c1-7-11(12)8(2)15(14-7)9-4-10(16-3)6-13-5-9/h4-6H,12H2,1-3H3. The Morgan fingerprint density at radius 2 is 2.06 bits per heavy atom. The van der Waals surface area contributed by atoms with Crippen LogP contribution in [-0.2, 0) is 0 Å². The minimum atomic E-state index is 0.698. The Balaban J connectivity index is 2.54. The summed E-state index contributed by atoms with van der Waals surface area (Å²) >= 11 is 0. The van der Waals surface area contributed by atoms with Gasteiger partial charge in [0.05, 0.1) is 42.3 Å². The van der Waals surface area contributed by atoms with Crippen molar-refractivity contribution < 1.29 is 4.74 Å². The quantitative estimate of drug-likeness (QED) is 0.829. The van der Waals surface area contributed by atoms with Crippen molar-refractivity contribution in [2.45, 2.75) is 13.8 Å². The first-order chi connectivity index (χ1) is 7.63. The molecule has 2 N–H and O–H groups in total. The van der Waals surface area contributed by atoms with E-state index in [4.69, 9.17) is 10.5 Å². The SMILES string of the molecule is COc1cncc(-n2nc(C)c(N)c2C)c1. The number of pyridine rings is 1. The van der Waals surface area contributed by atoms with Crippen molar-refractivity contribution in [3.05, 3.63) is 29.8 Å². The monoisotopic (exact) mass is 218 g/mol. The van der Waals surface area contributed by atoms with E-state index >= 15 is 0 Å². The highest BCUT2D eigenvalue weighted by Gasteiger charge is 2.10. The van der Waals surface area contributed by atoms with Crippen LogP contribution in [0.1, 0.15) is 11.4 Å². The molecular formula is C11H14N4O. The fourth-order valence-corrected chi connectivity index (χ4v) is 1.54. The van der Waals surface area contributed by atoms with Gasteiger partial charge in [-0.15, -0.1) is 0 Å². The molecule has 0 aliphatic heterocycles. The van der Waals surface area contributed by atoms with Crippen molar-refractivity contribution in [3.63, 3.8) is 0 Å². The number of hydrogen-bond donors (Lipinski definition) is 1. The molecule has 0 spiro atoms. The van der Waals surface area contributed by atoms with Crippen molar-refractivity contribution in [2.24, 2.45) is 0 Å². The highest BCUT2D eigenvalue weighted by atomic mass is 16.5. The lowest BCUT2D eigenvalue weighted by Gasteiger charge is -2.05. The van der Waals surface area contributed by atoms with E-state index < -0.39 is 0 Å². The number of rotatable bonds is 2. The van der Waals surface area contributed by atoms with Crippen molar-refractivity contribution in [1.29, 1.82) is 0 Å². The Morgan fingerprint density at radius 3 is 2.62 bits per heavy atom. The number of nitrogen functional groups attached to an aromatic ring is 1. The van der Waals surface area contributed by atoms with E-state index in [-0.39, 0.29) is 0 Å². The molecule has 0 aliphatic rings. The van der Waals surface area contributed by atoms with E-state index in [1.54, 1.807) is 24.2 Å². The number of nitrogens with two attached hydrogens (primary N) is 1. The minimum absolute atomic E-state index is 0.698. The van der Waals surface area contributed by atoms with Gasteiger partial charge in [0.1, 0.15) is 5.75 Å². The van der Waals surface area contributed by atoms with Crippen molar-refractivity contribution >= 4 is 5.69 Å². The molecule has 0 atom stereocenters. The van der Waals surface area contributed by atoms with Crippen LogP contribution >= 0.6 is 0 Å². The summed E-state index contributed by atoms with van der Waals surface area (Å²) in [6.45, 7) is 3.81. The van der Waals surface area contributed by atoms with E-state index in [0.717, 1.165) is 17.1 Å². The molecule has 84 valence electrons. The first-order valence-corrected chi connectivity index (χ1v) is 4.94. The smallest absolute Gasteiger partial charge is 0.139 e. The molecule has 0 bridgehead atoms. The zero-order valence-corrected chi connectivity index (χ0v) is 9.56. The van der Waals surface area contributed by atoms with Gasteiger partial charge in [-0.3, -0.25) is 4.98 Å². The second-order valence-corrected chi connectivity index (χ2v) is 3.58. The Bertz CT molecular complexity index is 519. The summed E-state index contributed by atoms with van der Waals surface area (Å²) in [7, 11) is 1.61. The fraction of sp³-hybridized carbons (Fsp3) is 0.273. The summed E-state index contributed by atoms with van der Waals surface area (Å²) in [5.41, 5.74) is 9.16. The van der Waals surface area contributed by atoms with Gasteiger partial charge in [-0.1, -0.05) is 0 Å². The maximum absolute atomic E-state index is 5.88. The van der Waals surface area contributed by atoms with Crippen LogP contribution in [0.2, 0.25) is 0 Å². The van der Waals surface area contributed by atoms with Gasteiger partial charge in [-0.2, -0.15) is 5.10 Å². The predicted molar refractivity (Wildman–Crippen MR) is 61.8 cm³/mol. The largest absolute Gasteiger partial charge is 0.495 e. The predicted octanol–water partition coefficient (Wildman–Crippen LogP) is 1.47. The van der Waals surface area contributed by atoms with Gasteiger partial charge >= 0.3 is 0 Å². The minimum Gasteiger partial charge on any atom is -0.495 e. The number of hydrogen-bond acceptors (Lipinski definition) is 4. The van der Waals surface area contributed by atoms with E-state index in [9.17, 15) is 0 Å². The highest BCUT2D eigenvalue weighted by molar-refractivity contribution is 5.50. The van der Waals surface area contributed by atoms with E-state index in [1.165, 1.54) is 0 Å². The summed E-state index contributed by atoms with van der Waals surface area (Å²) in [5.74, 6) is 0.698. The third-order valence-electron chi connectivity index (χ3n) is 2.53. The molecule has 2 aromatic heterocycles. The second-order valence-electron chi connectivity index (χ2n) is 3.58. The molecule has 0 aromatic carbocycles. The second kappa shape index (κ2) is 3.84. The van der Waals surface area contributed by atoms with Gasteiger partial charge in [0.2, 0.25) is 0 Å². The van der Waals surface area contributed by atoms with Crippen LogP contribution in [0.25, 0.3) is 5.69 Å². The molecule has 0 unspecified atom stereocenters. The zero-order chi connectivity index (χ0) is 11.7. The molecule has 2 heterocycles. The topological polar surface area (TPSA) is 66.0 Å². The van der Waals surface area contributed by atoms with Crippen LogP contribution in [-0.4, -0.2) is 21.9 Å². The molecule has 0 amide bonds. The maximum atomic E-state index is 5.88. The Morgan fingerprint density at radius 1 is 1.31 bits per heavy atom. The number of nitrogens with zero attached hydrogens (tertiary/aromatic N) is 3. The van der Waals surface area contributed by atoms with Crippen molar-refractivity contribution in [3.8, 4) is 11.4 Å². The average Bonchev–Trinajstić information content (AvgIpc) is 2.57. The van der Waals surface area contributed by atoms with Crippen molar-refractivity contribution in [2.75, 3.05) is 12.8 Å². The van der Waals surface area contributed by atoms with Gasteiger partial charge < -0.3 is 10.5 Å². The summed E-state index contributed by atoms with van der Waals surface area (Å²) in [6.07, 6.45) is 3.37. The molecule has 2 aromatic rings. The van der Waals surface area contributed by atoms with E-state index in [2.05, 4.69) is 10.1 Å². The van der Waals surface area contributed by atoms with E-state index in [0.29, 0.717) is 11.4 Å². The Labute approximate surface area is 93.9 Å². The number of methoxy groups -OCH3 is 1. The molecule has 0 aliphatic carbocycles. The van der Waals surface area contributed by atoms with Crippen LogP contribution in [0.3, 0.4) is 0 Å². The Kier molecular flexibility index (Phi) is 2.52. The summed E-state index contributed by atoms with van der Waals surface area (Å²) in [4.78, 5) is 4.09. The normalized spacial score (nSPS) is 10.4. The first kappa shape index (κ1) is 10.5. The number of aromatic nitrogens is 3. The van der Waals surface area contributed by atoms with Gasteiger partial charge in [0.25, 0.3) is 0 Å². The van der Waals surface area contributed by atoms with Crippen LogP contribution in [0, 0.1) is 13.8 Å². The molecule has 5 heteroatoms. The summed E-state index contributed by atoms with van der Waals surface area (Å²) in [5, 5.41) is 4.35. The summed E-state index contributed by atoms with van der Waals surface area (Å²) in [6, 6.07) is 1.87. The molecule has 0 radical (unpaired) electrons. The third kappa shape index (κ3) is 1.60. The first-order valence-electron chi connectivity index (χ1n) is 4.94. The van der Waals surface area contributed by atoms with E-state index in [1.807, 2.05) is 19.9 Å². The van der Waals surface area contributed by atoms with Gasteiger partial charge in [-0.05, 0) is 13.8 Å². The van der Waals surface area contributed by atoms with Crippen LogP contribution in [0.15, 0.2) is 18.5 Å². The summed E-state index contributed by atoms with van der Waals surface area (Å²) < 4.78 is 6.88. The lowest BCUT2D eigenvalue weighted by Crippen LogP contribution is -2.00. The van der Waals surface area contributed by atoms with Gasteiger partial charge in [-0.25, -0.2) is 4.68 Å². The molecule has 16 heavy (non-hydrogen) atoms. The number of aryl methyl sites for hydroxylation is 1. The molecular weight excluding hydrogens is 204 g/mol. The zero-order valence-electron chi connectivity index (χ0n) is 9.56. The lowest BCUT2D eigenvalue weighted by molar-refractivity contribution is 0.412. The lowest BCUT2D eigenvalue weighted by atomic mass is 10.3. The number of anilines is 1. The third-order valence-corrected chi connectivity index (χ3v) is 2.53. The average molecular weight is 218 g/mol. The van der Waals surface area contributed by atoms with Crippen molar-refractivity contribution in [1.82, 2.24) is 14.8 Å². The van der Waals surface area contributed by atoms with Gasteiger partial charge in [0, 0.05) is 6.07 Å². The molecule has 5 nitrogen and oxygen atoms in total. The molecule has 0 fully saturated rings. The van der Waals surface area contributed by atoms with Crippen LogP contribution in [0.4, 0.5) is 5.69 Å². The van der Waals surface area contributed by atoms with Crippen LogP contribution < -0.4 is 10.5 Å².